The molecule has 2 aromatic heterocycles. The molecule has 4 rings (SSSR count). The maximum Gasteiger partial charge on any atom is 0.254 e. The van der Waals surface area contributed by atoms with Crippen molar-refractivity contribution in [3.63, 3.8) is 0 Å². The van der Waals surface area contributed by atoms with Gasteiger partial charge >= 0.3 is 0 Å². The first-order valence-electron chi connectivity index (χ1n) is 12.8. The second kappa shape index (κ2) is 12.7. The van der Waals surface area contributed by atoms with Crippen LogP contribution in [0.25, 0.3) is 0 Å². The van der Waals surface area contributed by atoms with Crippen molar-refractivity contribution in [1.29, 1.82) is 0 Å². The lowest BCUT2D eigenvalue weighted by atomic mass is 9.99. The van der Waals surface area contributed by atoms with Crippen molar-refractivity contribution in [3.05, 3.63) is 68.9 Å². The first kappa shape index (κ1) is 27.4. The maximum absolute atomic E-state index is 12.7. The number of anilines is 1. The summed E-state index contributed by atoms with van der Waals surface area (Å²) in [5.41, 5.74) is 3.22. The minimum atomic E-state index is -0.0923. The number of ether oxygens (including phenoxy) is 1. The summed E-state index contributed by atoms with van der Waals surface area (Å²) in [4.78, 5) is 27.3. The molecule has 0 aliphatic carbocycles. The minimum Gasteiger partial charge on any atom is -0.497 e. The van der Waals surface area contributed by atoms with E-state index in [-0.39, 0.29) is 5.91 Å². The number of halogens is 1. The SMILES string of the molecule is COc1ccc(N(Cc2ccc(Cl)s2)C2CCN(C(C)CCNC(=O)c3c(C)ncnc3C)CC2)cc1. The predicted octanol–water partition coefficient (Wildman–Crippen LogP) is 5.50. The number of rotatable bonds is 10. The van der Waals surface area contributed by atoms with Gasteiger partial charge in [-0.1, -0.05) is 11.6 Å². The van der Waals surface area contributed by atoms with Crippen molar-refractivity contribution in [1.82, 2.24) is 20.2 Å². The maximum atomic E-state index is 12.7. The molecule has 3 aromatic rings. The Hall–Kier alpha value is -2.68. The van der Waals surface area contributed by atoms with Crippen LogP contribution in [0.1, 0.15) is 52.8 Å². The van der Waals surface area contributed by atoms with Gasteiger partial charge in [-0.25, -0.2) is 9.97 Å². The zero-order chi connectivity index (χ0) is 26.4. The van der Waals surface area contributed by atoms with Crippen LogP contribution in [0.15, 0.2) is 42.7 Å². The summed E-state index contributed by atoms with van der Waals surface area (Å²) >= 11 is 7.87. The Balaban J connectivity index is 1.32. The van der Waals surface area contributed by atoms with E-state index in [4.69, 9.17) is 16.3 Å². The number of benzene rings is 1. The third kappa shape index (κ3) is 7.00. The minimum absolute atomic E-state index is 0.0923. The number of amides is 1. The predicted molar refractivity (Wildman–Crippen MR) is 151 cm³/mol. The second-order valence-electron chi connectivity index (χ2n) is 9.61. The average Bonchev–Trinajstić information content (AvgIpc) is 3.32. The van der Waals surface area contributed by atoms with Crippen molar-refractivity contribution in [3.8, 4) is 5.75 Å². The van der Waals surface area contributed by atoms with Crippen LogP contribution in [0.3, 0.4) is 0 Å². The molecular weight excluding hydrogens is 506 g/mol. The Morgan fingerprint density at radius 2 is 1.84 bits per heavy atom. The number of thiophene rings is 1. The van der Waals surface area contributed by atoms with E-state index in [1.165, 1.54) is 16.9 Å². The summed E-state index contributed by atoms with van der Waals surface area (Å²) in [6.07, 6.45) is 4.57. The van der Waals surface area contributed by atoms with Gasteiger partial charge in [0.15, 0.2) is 0 Å². The molecule has 0 radical (unpaired) electrons. The standard InChI is InChI=1S/C28H36ClN5O2S/c1-19(11-14-30-28(35)27-20(2)31-18-32-21(27)3)33-15-12-23(13-16-33)34(17-25-9-10-26(29)37-25)22-5-7-24(36-4)8-6-22/h5-10,18-19,23H,11-17H2,1-4H3,(H,30,35). The molecular formula is C28H36ClN5O2S. The van der Waals surface area contributed by atoms with E-state index >= 15 is 0 Å². The molecule has 198 valence electrons. The molecule has 0 saturated carbocycles. The summed E-state index contributed by atoms with van der Waals surface area (Å²) < 4.78 is 6.19. The first-order chi connectivity index (χ1) is 17.9. The normalized spacial score (nSPS) is 15.4. The van der Waals surface area contributed by atoms with Gasteiger partial charge in [0.05, 0.1) is 34.9 Å². The molecule has 0 bridgehead atoms. The van der Waals surface area contributed by atoms with Crippen LogP contribution in [-0.2, 0) is 6.54 Å². The van der Waals surface area contributed by atoms with Crippen LogP contribution in [-0.4, -0.2) is 59.6 Å². The number of nitrogens with zero attached hydrogens (tertiary/aromatic N) is 4. The second-order valence-corrected chi connectivity index (χ2v) is 11.4. The van der Waals surface area contributed by atoms with Gasteiger partial charge in [-0.2, -0.15) is 0 Å². The number of aromatic nitrogens is 2. The molecule has 1 aliphatic rings. The number of carbonyl (C=O) groups is 1. The van der Waals surface area contributed by atoms with Gasteiger partial charge in [-0.05, 0) is 76.4 Å². The van der Waals surface area contributed by atoms with E-state index in [1.807, 2.05) is 32.0 Å². The number of hydrogen-bond acceptors (Lipinski definition) is 7. The summed E-state index contributed by atoms with van der Waals surface area (Å²) in [6, 6.07) is 13.3. The Labute approximate surface area is 228 Å². The fourth-order valence-electron chi connectivity index (χ4n) is 5.03. The number of hydrogen-bond donors (Lipinski definition) is 1. The Kier molecular flexibility index (Phi) is 9.40. The highest BCUT2D eigenvalue weighted by Gasteiger charge is 2.27. The van der Waals surface area contributed by atoms with Crippen LogP contribution in [0.5, 0.6) is 5.75 Å². The van der Waals surface area contributed by atoms with Crippen molar-refractivity contribution in [2.24, 2.45) is 0 Å². The molecule has 9 heteroatoms. The molecule has 1 aromatic carbocycles. The van der Waals surface area contributed by atoms with Crippen molar-refractivity contribution in [2.75, 3.05) is 31.6 Å². The molecule has 1 N–H and O–H groups in total. The molecule has 37 heavy (non-hydrogen) atoms. The molecule has 3 heterocycles. The average molecular weight is 542 g/mol. The number of piperidine rings is 1. The highest BCUT2D eigenvalue weighted by atomic mass is 35.5. The lowest BCUT2D eigenvalue weighted by Gasteiger charge is -2.41. The summed E-state index contributed by atoms with van der Waals surface area (Å²) in [5.74, 6) is 0.772. The summed E-state index contributed by atoms with van der Waals surface area (Å²) in [7, 11) is 1.70. The van der Waals surface area contributed by atoms with E-state index < -0.39 is 0 Å². The van der Waals surface area contributed by atoms with Crippen LogP contribution < -0.4 is 15.0 Å². The highest BCUT2D eigenvalue weighted by Crippen LogP contribution is 2.31. The molecule has 1 saturated heterocycles. The fourth-order valence-corrected chi connectivity index (χ4v) is 6.12. The Morgan fingerprint density at radius 3 is 2.43 bits per heavy atom. The van der Waals surface area contributed by atoms with Crippen molar-refractivity contribution in [2.45, 2.75) is 58.7 Å². The summed E-state index contributed by atoms with van der Waals surface area (Å²) in [5, 5.41) is 3.06. The van der Waals surface area contributed by atoms with Gasteiger partial charge in [0.2, 0.25) is 0 Å². The molecule has 1 amide bonds. The number of likely N-dealkylation sites (tertiary alicyclic amines) is 1. The molecule has 1 fully saturated rings. The van der Waals surface area contributed by atoms with E-state index in [0.29, 0.717) is 35.6 Å². The lowest BCUT2D eigenvalue weighted by molar-refractivity contribution is 0.0943. The van der Waals surface area contributed by atoms with Crippen molar-refractivity contribution >= 4 is 34.5 Å². The Bertz CT molecular complexity index is 1160. The van der Waals surface area contributed by atoms with Gasteiger partial charge in [0, 0.05) is 42.3 Å². The molecule has 1 atom stereocenters. The van der Waals surface area contributed by atoms with E-state index in [9.17, 15) is 4.79 Å². The van der Waals surface area contributed by atoms with Crippen LogP contribution in [0.2, 0.25) is 4.34 Å². The summed E-state index contributed by atoms with van der Waals surface area (Å²) in [6.45, 7) is 9.48. The monoisotopic (exact) mass is 541 g/mol. The van der Waals surface area contributed by atoms with Crippen molar-refractivity contribution < 1.29 is 9.53 Å². The lowest BCUT2D eigenvalue weighted by Crippen LogP contribution is -2.48. The van der Waals surface area contributed by atoms with Gasteiger partial charge < -0.3 is 19.9 Å². The van der Waals surface area contributed by atoms with E-state index in [0.717, 1.165) is 49.0 Å². The number of methoxy groups -OCH3 is 1. The largest absolute Gasteiger partial charge is 0.497 e. The van der Waals surface area contributed by atoms with E-state index in [1.54, 1.807) is 18.4 Å². The van der Waals surface area contributed by atoms with Gasteiger partial charge in [-0.15, -0.1) is 11.3 Å². The van der Waals surface area contributed by atoms with Crippen LogP contribution >= 0.6 is 22.9 Å². The topological polar surface area (TPSA) is 70.6 Å². The fraction of sp³-hybridized carbons (Fsp3) is 0.464. The van der Waals surface area contributed by atoms with Gasteiger partial charge in [-0.3, -0.25) is 4.79 Å². The number of nitrogens with one attached hydrogen (secondary N) is 1. The third-order valence-electron chi connectivity index (χ3n) is 7.22. The zero-order valence-corrected chi connectivity index (χ0v) is 23.6. The third-order valence-corrected chi connectivity index (χ3v) is 8.44. The van der Waals surface area contributed by atoms with Crippen LogP contribution in [0.4, 0.5) is 5.69 Å². The van der Waals surface area contributed by atoms with Gasteiger partial charge in [0.1, 0.15) is 12.1 Å². The highest BCUT2D eigenvalue weighted by molar-refractivity contribution is 7.16. The van der Waals surface area contributed by atoms with Gasteiger partial charge in [0.25, 0.3) is 5.91 Å². The molecule has 1 unspecified atom stereocenters. The zero-order valence-electron chi connectivity index (χ0n) is 22.0. The molecule has 0 spiro atoms. The first-order valence-corrected chi connectivity index (χ1v) is 14.0. The van der Waals surface area contributed by atoms with Crippen LogP contribution in [0, 0.1) is 13.8 Å². The quantitative estimate of drug-likeness (QED) is 0.365. The molecule has 1 aliphatic heterocycles. The number of carbonyl (C=O) groups excluding carboxylic acids is 1. The molecule has 7 nitrogen and oxygen atoms in total. The smallest absolute Gasteiger partial charge is 0.254 e. The Morgan fingerprint density at radius 1 is 1.16 bits per heavy atom. The number of aryl methyl sites for hydroxylation is 2. The van der Waals surface area contributed by atoms with E-state index in [2.05, 4.69) is 50.2 Å².